The highest BCUT2D eigenvalue weighted by molar-refractivity contribution is 5.71. The lowest BCUT2D eigenvalue weighted by molar-refractivity contribution is -0.274. The van der Waals surface area contributed by atoms with Crippen LogP contribution in [0.15, 0.2) is 43.0 Å². The number of aryl methyl sites for hydroxylation is 1. The molecule has 0 amide bonds. The van der Waals surface area contributed by atoms with Crippen molar-refractivity contribution < 1.29 is 17.9 Å². The van der Waals surface area contributed by atoms with E-state index >= 15 is 0 Å². The lowest BCUT2D eigenvalue weighted by Gasteiger charge is -2.11. The molecule has 3 rings (SSSR count). The SMILES string of the molecule is Cc1cc(OC(F)(F)F)ccc1-c1cnn2cncc2c1. The minimum Gasteiger partial charge on any atom is -0.406 e. The van der Waals surface area contributed by atoms with Gasteiger partial charge in [0.1, 0.15) is 12.1 Å². The highest BCUT2D eigenvalue weighted by Crippen LogP contribution is 2.29. The summed E-state index contributed by atoms with van der Waals surface area (Å²) in [5.74, 6) is -0.234. The second kappa shape index (κ2) is 4.76. The maximum absolute atomic E-state index is 12.2. The van der Waals surface area contributed by atoms with E-state index in [0.29, 0.717) is 5.56 Å². The lowest BCUT2D eigenvalue weighted by Crippen LogP contribution is -2.17. The molecule has 0 aliphatic carbocycles. The van der Waals surface area contributed by atoms with E-state index in [-0.39, 0.29) is 5.75 Å². The summed E-state index contributed by atoms with van der Waals surface area (Å²) in [7, 11) is 0. The lowest BCUT2D eigenvalue weighted by atomic mass is 10.0. The first-order valence-electron chi connectivity index (χ1n) is 6.07. The summed E-state index contributed by atoms with van der Waals surface area (Å²) in [6.45, 7) is 1.72. The van der Waals surface area contributed by atoms with E-state index in [2.05, 4.69) is 14.8 Å². The molecular formula is C14H10F3N3O. The number of ether oxygens (including phenoxy) is 1. The van der Waals surface area contributed by atoms with Crippen molar-refractivity contribution in [3.63, 3.8) is 0 Å². The smallest absolute Gasteiger partial charge is 0.406 e. The normalized spacial score (nSPS) is 11.8. The van der Waals surface area contributed by atoms with Crippen molar-refractivity contribution in [3.8, 4) is 16.9 Å². The van der Waals surface area contributed by atoms with Crippen LogP contribution < -0.4 is 4.74 Å². The molecular weight excluding hydrogens is 283 g/mol. The summed E-state index contributed by atoms with van der Waals surface area (Å²) < 4.78 is 42.1. The van der Waals surface area contributed by atoms with Gasteiger partial charge in [-0.25, -0.2) is 9.50 Å². The van der Waals surface area contributed by atoms with Gasteiger partial charge in [-0.2, -0.15) is 5.10 Å². The number of benzene rings is 1. The number of halogens is 3. The summed E-state index contributed by atoms with van der Waals surface area (Å²) in [5.41, 5.74) is 3.07. The topological polar surface area (TPSA) is 39.4 Å². The number of nitrogens with zero attached hydrogens (tertiary/aromatic N) is 3. The van der Waals surface area contributed by atoms with Gasteiger partial charge in [-0.05, 0) is 36.2 Å². The molecule has 0 bridgehead atoms. The van der Waals surface area contributed by atoms with Crippen LogP contribution >= 0.6 is 0 Å². The Balaban J connectivity index is 1.98. The van der Waals surface area contributed by atoms with Crippen molar-refractivity contribution in [1.29, 1.82) is 0 Å². The molecule has 0 atom stereocenters. The van der Waals surface area contributed by atoms with Crippen LogP contribution in [-0.4, -0.2) is 21.0 Å². The molecule has 0 aliphatic heterocycles. The molecule has 0 fully saturated rings. The van der Waals surface area contributed by atoms with Gasteiger partial charge in [-0.3, -0.25) is 0 Å². The number of hydrogen-bond donors (Lipinski definition) is 0. The molecule has 7 heteroatoms. The largest absolute Gasteiger partial charge is 0.573 e. The number of rotatable bonds is 2. The molecule has 0 aliphatic rings. The second-order valence-corrected chi connectivity index (χ2v) is 4.53. The molecule has 21 heavy (non-hydrogen) atoms. The van der Waals surface area contributed by atoms with Gasteiger partial charge in [0, 0.05) is 5.56 Å². The number of hydrogen-bond acceptors (Lipinski definition) is 3. The van der Waals surface area contributed by atoms with E-state index in [4.69, 9.17) is 0 Å². The number of alkyl halides is 3. The summed E-state index contributed by atoms with van der Waals surface area (Å²) in [4.78, 5) is 3.97. The number of fused-ring (bicyclic) bond motifs is 1. The Kier molecular flexibility index (Phi) is 3.04. The van der Waals surface area contributed by atoms with Crippen LogP contribution in [0.25, 0.3) is 16.6 Å². The van der Waals surface area contributed by atoms with Crippen molar-refractivity contribution in [3.05, 3.63) is 48.5 Å². The minimum atomic E-state index is -4.69. The molecule has 2 heterocycles. The van der Waals surface area contributed by atoms with Crippen LogP contribution in [0.3, 0.4) is 0 Å². The Morgan fingerprint density at radius 1 is 1.14 bits per heavy atom. The van der Waals surface area contributed by atoms with E-state index in [1.54, 1.807) is 36.2 Å². The van der Waals surface area contributed by atoms with E-state index < -0.39 is 6.36 Å². The van der Waals surface area contributed by atoms with Gasteiger partial charge in [0.2, 0.25) is 0 Å². The monoisotopic (exact) mass is 293 g/mol. The van der Waals surface area contributed by atoms with Crippen molar-refractivity contribution in [2.75, 3.05) is 0 Å². The van der Waals surface area contributed by atoms with Gasteiger partial charge < -0.3 is 4.74 Å². The quantitative estimate of drug-likeness (QED) is 0.724. The third kappa shape index (κ3) is 2.81. The first-order valence-corrected chi connectivity index (χ1v) is 6.07. The Morgan fingerprint density at radius 2 is 1.95 bits per heavy atom. The van der Waals surface area contributed by atoms with E-state index in [1.807, 2.05) is 6.07 Å². The average molecular weight is 293 g/mol. The summed E-state index contributed by atoms with van der Waals surface area (Å²) >= 11 is 0. The maximum Gasteiger partial charge on any atom is 0.573 e. The Bertz CT molecular complexity index is 796. The molecule has 0 N–H and O–H groups in total. The first-order chi connectivity index (χ1) is 9.92. The predicted octanol–water partition coefficient (Wildman–Crippen LogP) is 3.60. The molecule has 0 saturated heterocycles. The molecule has 0 saturated carbocycles. The molecule has 0 unspecified atom stereocenters. The van der Waals surface area contributed by atoms with Gasteiger partial charge in [0.15, 0.2) is 0 Å². The Labute approximate surface area is 117 Å². The van der Waals surface area contributed by atoms with Crippen molar-refractivity contribution in [1.82, 2.24) is 14.6 Å². The van der Waals surface area contributed by atoms with Crippen LogP contribution in [-0.2, 0) is 0 Å². The Morgan fingerprint density at radius 3 is 2.67 bits per heavy atom. The third-order valence-corrected chi connectivity index (χ3v) is 3.01. The first kappa shape index (κ1) is 13.4. The molecule has 108 valence electrons. The zero-order valence-electron chi connectivity index (χ0n) is 10.9. The highest BCUT2D eigenvalue weighted by atomic mass is 19.4. The molecule has 3 aromatic rings. The highest BCUT2D eigenvalue weighted by Gasteiger charge is 2.31. The van der Waals surface area contributed by atoms with Crippen molar-refractivity contribution >= 4 is 5.52 Å². The summed E-state index contributed by atoms with van der Waals surface area (Å²) in [6, 6.07) is 6.09. The summed E-state index contributed by atoms with van der Waals surface area (Å²) in [5, 5.41) is 4.18. The molecule has 0 spiro atoms. The second-order valence-electron chi connectivity index (χ2n) is 4.53. The minimum absolute atomic E-state index is 0.234. The van der Waals surface area contributed by atoms with E-state index in [1.165, 1.54) is 12.1 Å². The van der Waals surface area contributed by atoms with Gasteiger partial charge in [0.25, 0.3) is 0 Å². The molecule has 2 aromatic heterocycles. The van der Waals surface area contributed by atoms with Gasteiger partial charge in [-0.15, -0.1) is 13.2 Å². The zero-order valence-corrected chi connectivity index (χ0v) is 10.9. The fourth-order valence-electron chi connectivity index (χ4n) is 2.12. The molecule has 0 radical (unpaired) electrons. The predicted molar refractivity (Wildman–Crippen MR) is 69.8 cm³/mol. The van der Waals surface area contributed by atoms with Gasteiger partial charge in [0.05, 0.1) is 17.9 Å². The number of aromatic nitrogens is 3. The fourth-order valence-corrected chi connectivity index (χ4v) is 2.12. The van der Waals surface area contributed by atoms with Crippen molar-refractivity contribution in [2.45, 2.75) is 13.3 Å². The average Bonchev–Trinajstić information content (AvgIpc) is 2.84. The van der Waals surface area contributed by atoms with Crippen LogP contribution in [0.1, 0.15) is 5.56 Å². The fraction of sp³-hybridized carbons (Fsp3) is 0.143. The summed E-state index contributed by atoms with van der Waals surface area (Å²) in [6.07, 6.45) is 0.187. The van der Waals surface area contributed by atoms with Crippen molar-refractivity contribution in [2.24, 2.45) is 0 Å². The van der Waals surface area contributed by atoms with Gasteiger partial charge in [-0.1, -0.05) is 6.07 Å². The number of imidazole rings is 1. The molecule has 4 nitrogen and oxygen atoms in total. The van der Waals surface area contributed by atoms with Crippen LogP contribution in [0.5, 0.6) is 5.75 Å². The van der Waals surface area contributed by atoms with Gasteiger partial charge >= 0.3 is 6.36 Å². The van der Waals surface area contributed by atoms with Crippen LogP contribution in [0.4, 0.5) is 13.2 Å². The van der Waals surface area contributed by atoms with Crippen LogP contribution in [0, 0.1) is 6.92 Å². The molecule has 1 aromatic carbocycles. The van der Waals surface area contributed by atoms with E-state index in [9.17, 15) is 13.2 Å². The standard InChI is InChI=1S/C14H10F3N3O/c1-9-4-12(21-14(15,16)17)2-3-13(9)10-5-11-7-18-8-20(11)19-6-10/h2-8H,1H3. The Hall–Kier alpha value is -2.57. The van der Waals surface area contributed by atoms with E-state index in [0.717, 1.165) is 16.6 Å². The maximum atomic E-state index is 12.2. The zero-order chi connectivity index (χ0) is 15.0. The van der Waals surface area contributed by atoms with Crippen LogP contribution in [0.2, 0.25) is 0 Å². The third-order valence-electron chi connectivity index (χ3n) is 3.01.